The molecule has 1 amide bonds. The second-order valence-corrected chi connectivity index (χ2v) is 14.6. The fourth-order valence-corrected chi connectivity index (χ4v) is 8.82. The topological polar surface area (TPSA) is 117 Å². The van der Waals surface area contributed by atoms with E-state index in [-0.39, 0.29) is 23.4 Å². The molecule has 1 aliphatic carbocycles. The fourth-order valence-electron chi connectivity index (χ4n) is 8.16. The van der Waals surface area contributed by atoms with E-state index in [1.165, 1.54) is 5.56 Å². The number of carbonyl (C=O) groups excluding carboxylic acids is 1. The molecule has 10 nitrogen and oxygen atoms in total. The van der Waals surface area contributed by atoms with Crippen LogP contribution in [0.3, 0.4) is 0 Å². The highest BCUT2D eigenvalue weighted by molar-refractivity contribution is 6.39. The van der Waals surface area contributed by atoms with E-state index in [9.17, 15) is 14.7 Å². The predicted octanol–water partition coefficient (Wildman–Crippen LogP) is 6.27. The molecule has 0 saturated carbocycles. The Balaban J connectivity index is 1.06. The van der Waals surface area contributed by atoms with Crippen molar-refractivity contribution in [3.63, 3.8) is 0 Å². The zero-order chi connectivity index (χ0) is 34.7. The number of halogens is 2. The lowest BCUT2D eigenvalue weighted by molar-refractivity contribution is -0.148. The molecule has 3 aromatic carbocycles. The summed E-state index contributed by atoms with van der Waals surface area (Å²) in [4.78, 5) is 37.2. The Morgan fingerprint density at radius 3 is 2.36 bits per heavy atom. The van der Waals surface area contributed by atoms with Crippen molar-refractivity contribution >= 4 is 35.1 Å². The summed E-state index contributed by atoms with van der Waals surface area (Å²) in [5.74, 6) is 0.301. The number of carboxylic acid groups (broad SMARTS) is 1. The Labute approximate surface area is 300 Å². The quantitative estimate of drug-likeness (QED) is 0.207. The molecule has 8 rings (SSSR count). The van der Waals surface area contributed by atoms with Crippen LogP contribution < -0.4 is 14.8 Å². The summed E-state index contributed by atoms with van der Waals surface area (Å²) in [6.45, 7) is 3.25. The van der Waals surface area contributed by atoms with Crippen molar-refractivity contribution in [2.75, 3.05) is 40.4 Å². The van der Waals surface area contributed by atoms with E-state index >= 15 is 0 Å². The molecule has 50 heavy (non-hydrogen) atoms. The second-order valence-electron chi connectivity index (χ2n) is 13.8. The maximum absolute atomic E-state index is 11.7. The van der Waals surface area contributed by atoms with Gasteiger partial charge in [0, 0.05) is 73.0 Å². The molecule has 0 bridgehead atoms. The Bertz CT molecular complexity index is 2030. The van der Waals surface area contributed by atoms with E-state index in [4.69, 9.17) is 42.6 Å². The first-order valence-electron chi connectivity index (χ1n) is 16.9. The molecule has 3 fully saturated rings. The highest BCUT2D eigenvalue weighted by Crippen LogP contribution is 2.48. The number of carboxylic acids is 1. The summed E-state index contributed by atoms with van der Waals surface area (Å²) >= 11 is 14.3. The third-order valence-corrected chi connectivity index (χ3v) is 11.5. The van der Waals surface area contributed by atoms with Gasteiger partial charge in [-0.15, -0.1) is 0 Å². The molecule has 1 unspecified atom stereocenters. The lowest BCUT2D eigenvalue weighted by atomic mass is 9.88. The largest absolute Gasteiger partial charge is 0.496 e. The number of likely N-dealkylation sites (tertiary alicyclic amines) is 2. The van der Waals surface area contributed by atoms with Gasteiger partial charge in [0.1, 0.15) is 11.4 Å². The zero-order valence-corrected chi connectivity index (χ0v) is 29.4. The average Bonchev–Trinajstić information content (AvgIpc) is 3.68. The number of amides is 1. The molecule has 258 valence electrons. The first-order chi connectivity index (χ1) is 24.2. The van der Waals surface area contributed by atoms with Gasteiger partial charge in [-0.1, -0.05) is 65.7 Å². The molecule has 1 atom stereocenters. The Morgan fingerprint density at radius 1 is 1.00 bits per heavy atom. The van der Waals surface area contributed by atoms with Crippen molar-refractivity contribution in [1.29, 1.82) is 0 Å². The Hall–Kier alpha value is -4.22. The maximum atomic E-state index is 11.7. The monoisotopic (exact) mass is 713 g/mol. The number of carbonyl (C=O) groups is 2. The third kappa shape index (κ3) is 5.68. The van der Waals surface area contributed by atoms with Gasteiger partial charge >= 0.3 is 5.97 Å². The smallest absolute Gasteiger partial charge is 0.309 e. The van der Waals surface area contributed by atoms with Crippen LogP contribution in [0.2, 0.25) is 10.0 Å². The van der Waals surface area contributed by atoms with E-state index in [0.29, 0.717) is 53.2 Å². The van der Waals surface area contributed by atoms with Crippen LogP contribution in [0.4, 0.5) is 0 Å². The molecule has 3 aliphatic heterocycles. The molecule has 4 heterocycles. The number of aromatic nitrogens is 2. The minimum atomic E-state index is -0.735. The fraction of sp³-hybridized carbons (Fsp3) is 0.368. The van der Waals surface area contributed by atoms with Gasteiger partial charge in [0.25, 0.3) is 0 Å². The van der Waals surface area contributed by atoms with Crippen LogP contribution in [0.15, 0.2) is 54.7 Å². The van der Waals surface area contributed by atoms with Crippen molar-refractivity contribution in [2.24, 2.45) is 5.92 Å². The van der Waals surface area contributed by atoms with Gasteiger partial charge in [0.05, 0.1) is 47.6 Å². The summed E-state index contributed by atoms with van der Waals surface area (Å²) in [6, 6.07) is 16.1. The Kier molecular flexibility index (Phi) is 8.46. The third-order valence-electron chi connectivity index (χ3n) is 10.7. The van der Waals surface area contributed by atoms with Crippen molar-refractivity contribution < 1.29 is 24.2 Å². The number of rotatable bonds is 9. The summed E-state index contributed by atoms with van der Waals surface area (Å²) in [6.07, 6.45) is 4.97. The molecular weight excluding hydrogens is 677 g/mol. The SMILES string of the molecule is COc1cc(-c2cccc(-c3cccc(-c4cnc(CN5CC6(CCC(=O)N6)C5)c(OC)n4)c3Cl)c2Cl)cc2c1C(N1CC(C(=O)O)C1)CC2. The summed E-state index contributed by atoms with van der Waals surface area (Å²) < 4.78 is 11.6. The zero-order valence-electron chi connectivity index (χ0n) is 27.8. The Morgan fingerprint density at radius 2 is 1.70 bits per heavy atom. The highest BCUT2D eigenvalue weighted by Gasteiger charge is 2.47. The lowest BCUT2D eigenvalue weighted by Crippen LogP contribution is -2.66. The van der Waals surface area contributed by atoms with E-state index in [1.807, 2.05) is 42.5 Å². The number of aryl methyl sites for hydroxylation is 1. The average molecular weight is 715 g/mol. The van der Waals surface area contributed by atoms with Gasteiger partial charge in [0.2, 0.25) is 11.8 Å². The van der Waals surface area contributed by atoms with Crippen LogP contribution in [0, 0.1) is 5.92 Å². The number of hydrogen-bond donors (Lipinski definition) is 2. The first-order valence-corrected chi connectivity index (χ1v) is 17.6. The minimum absolute atomic E-state index is 0.108. The first kappa shape index (κ1) is 33.0. The maximum Gasteiger partial charge on any atom is 0.309 e. The van der Waals surface area contributed by atoms with Crippen molar-refractivity contribution in [2.45, 2.75) is 43.8 Å². The van der Waals surface area contributed by atoms with Crippen molar-refractivity contribution in [1.82, 2.24) is 25.1 Å². The predicted molar refractivity (Wildman–Crippen MR) is 191 cm³/mol. The minimum Gasteiger partial charge on any atom is -0.496 e. The van der Waals surface area contributed by atoms with E-state index in [1.54, 1.807) is 20.4 Å². The molecule has 3 saturated heterocycles. The standard InChI is InChI=1S/C38H37Cl2N5O5/c1-49-31-14-22(13-21-9-10-30(33(21)31)45-16-23(17-45)37(47)48)24-5-3-6-25(34(24)39)26-7-4-8-27(35(26)40)28-15-41-29(36(42-28)50-2)18-44-19-38(20-44)12-11-32(46)43-38/h3-8,13-15,23,30H,9-12,16-20H2,1-2H3,(H,43,46)(H,47,48). The highest BCUT2D eigenvalue weighted by atomic mass is 35.5. The van der Waals surface area contributed by atoms with Gasteiger partial charge in [-0.3, -0.25) is 24.4 Å². The van der Waals surface area contributed by atoms with Crippen LogP contribution in [0.5, 0.6) is 11.6 Å². The van der Waals surface area contributed by atoms with Crippen LogP contribution in [-0.4, -0.2) is 82.7 Å². The molecule has 0 radical (unpaired) electrons. The molecule has 1 aromatic heterocycles. The van der Waals surface area contributed by atoms with Gasteiger partial charge in [-0.2, -0.15) is 0 Å². The molecule has 4 aromatic rings. The van der Waals surface area contributed by atoms with E-state index in [2.05, 4.69) is 21.2 Å². The number of hydrogen-bond acceptors (Lipinski definition) is 8. The van der Waals surface area contributed by atoms with Crippen LogP contribution in [0.1, 0.15) is 42.1 Å². The molecule has 12 heteroatoms. The van der Waals surface area contributed by atoms with Gasteiger partial charge in [0.15, 0.2) is 0 Å². The van der Waals surface area contributed by atoms with Crippen LogP contribution in [0.25, 0.3) is 33.5 Å². The summed E-state index contributed by atoms with van der Waals surface area (Å²) in [7, 11) is 3.26. The van der Waals surface area contributed by atoms with Crippen LogP contribution >= 0.6 is 23.2 Å². The molecule has 2 N–H and O–H groups in total. The van der Waals surface area contributed by atoms with Crippen molar-refractivity contribution in [3.05, 3.63) is 81.6 Å². The summed E-state index contributed by atoms with van der Waals surface area (Å²) in [5, 5.41) is 13.6. The molecular formula is C38H37Cl2N5O5. The van der Waals surface area contributed by atoms with Gasteiger partial charge in [-0.05, 0) is 36.5 Å². The number of nitrogens with zero attached hydrogens (tertiary/aromatic N) is 4. The van der Waals surface area contributed by atoms with Crippen LogP contribution in [-0.2, 0) is 22.6 Å². The number of benzene rings is 3. The normalized spacial score (nSPS) is 19.9. The second kappa shape index (κ2) is 12.8. The van der Waals surface area contributed by atoms with Crippen molar-refractivity contribution in [3.8, 4) is 45.1 Å². The number of nitrogens with one attached hydrogen (secondary N) is 1. The van der Waals surface area contributed by atoms with Gasteiger partial charge < -0.3 is 19.9 Å². The number of methoxy groups -OCH3 is 2. The van der Waals surface area contributed by atoms with Gasteiger partial charge in [-0.25, -0.2) is 4.98 Å². The van der Waals surface area contributed by atoms with E-state index < -0.39 is 5.97 Å². The molecule has 1 spiro atoms. The number of ether oxygens (including phenoxy) is 2. The molecule has 4 aliphatic rings. The summed E-state index contributed by atoms with van der Waals surface area (Å²) in [5.41, 5.74) is 7.61. The van der Waals surface area contributed by atoms with E-state index in [0.717, 1.165) is 71.6 Å². The lowest BCUT2D eigenvalue weighted by Gasteiger charge is -2.47. The number of fused-ring (bicyclic) bond motifs is 1. The number of aliphatic carboxylic acids is 1.